The van der Waals surface area contributed by atoms with Crippen molar-refractivity contribution in [1.29, 1.82) is 0 Å². The van der Waals surface area contributed by atoms with Crippen LogP contribution in [0.15, 0.2) is 18.2 Å². The first-order valence-electron chi connectivity index (χ1n) is 4.44. The van der Waals surface area contributed by atoms with E-state index < -0.39 is 0 Å². The average molecular weight is 193 g/mol. The molecule has 0 spiro atoms. The van der Waals surface area contributed by atoms with Crippen LogP contribution in [0.2, 0.25) is 0 Å². The minimum Gasteiger partial charge on any atom is -0.492 e. The number of Topliss-reactive ketones (excluding diaryl/α,β-unsaturated/α-hetero) is 1. The molecule has 0 saturated carbocycles. The summed E-state index contributed by atoms with van der Waals surface area (Å²) in [5, 5.41) is 0. The fraction of sp³-hybridized carbons (Fsp3) is 0.300. The van der Waals surface area contributed by atoms with Gasteiger partial charge < -0.3 is 15.2 Å². The lowest BCUT2D eigenvalue weighted by Crippen LogP contribution is -2.10. The molecule has 0 fully saturated rings. The molecule has 0 aromatic heterocycles. The number of benzene rings is 1. The predicted octanol–water partition coefficient (Wildman–Crippen LogP) is 0.599. The van der Waals surface area contributed by atoms with Crippen LogP contribution < -0.4 is 15.2 Å². The Bertz CT molecular complexity index is 362. The Morgan fingerprint density at radius 2 is 2.36 bits per heavy atom. The SMILES string of the molecule is NCCOc1ccc2c(c1)OCC2=O. The minimum absolute atomic E-state index is 0.0189. The maximum Gasteiger partial charge on any atom is 0.203 e. The number of ether oxygens (including phenoxy) is 2. The summed E-state index contributed by atoms with van der Waals surface area (Å²) in [5.41, 5.74) is 5.93. The summed E-state index contributed by atoms with van der Waals surface area (Å²) in [4.78, 5) is 11.2. The second-order valence-corrected chi connectivity index (χ2v) is 3.01. The predicted molar refractivity (Wildman–Crippen MR) is 50.8 cm³/mol. The van der Waals surface area contributed by atoms with E-state index in [4.69, 9.17) is 15.2 Å². The lowest BCUT2D eigenvalue weighted by molar-refractivity contribution is 0.0961. The van der Waals surface area contributed by atoms with Crippen molar-refractivity contribution in [1.82, 2.24) is 0 Å². The molecule has 0 bridgehead atoms. The zero-order valence-electron chi connectivity index (χ0n) is 7.66. The summed E-state index contributed by atoms with van der Waals surface area (Å²) in [6.07, 6.45) is 0. The van der Waals surface area contributed by atoms with Crippen LogP contribution in [-0.2, 0) is 0 Å². The smallest absolute Gasteiger partial charge is 0.203 e. The summed E-state index contributed by atoms with van der Waals surface area (Å²) in [6, 6.07) is 5.19. The fourth-order valence-corrected chi connectivity index (χ4v) is 1.34. The molecule has 1 aromatic rings. The van der Waals surface area contributed by atoms with Gasteiger partial charge in [-0.15, -0.1) is 0 Å². The summed E-state index contributed by atoms with van der Waals surface area (Å²) in [5.74, 6) is 1.30. The van der Waals surface area contributed by atoms with Crippen LogP contribution in [0.5, 0.6) is 11.5 Å². The molecule has 4 heteroatoms. The van der Waals surface area contributed by atoms with Gasteiger partial charge in [0.15, 0.2) is 6.61 Å². The van der Waals surface area contributed by atoms with Gasteiger partial charge in [-0.3, -0.25) is 4.79 Å². The van der Waals surface area contributed by atoms with E-state index in [2.05, 4.69) is 0 Å². The van der Waals surface area contributed by atoms with E-state index >= 15 is 0 Å². The van der Waals surface area contributed by atoms with Crippen LogP contribution in [0.3, 0.4) is 0 Å². The normalized spacial score (nSPS) is 13.6. The Labute approximate surface area is 81.6 Å². The third-order valence-corrected chi connectivity index (χ3v) is 2.00. The van der Waals surface area contributed by atoms with Crippen LogP contribution in [-0.4, -0.2) is 25.5 Å². The van der Waals surface area contributed by atoms with Crippen molar-refractivity contribution in [3.05, 3.63) is 23.8 Å². The molecule has 0 aliphatic carbocycles. The van der Waals surface area contributed by atoms with E-state index in [-0.39, 0.29) is 12.4 Å². The molecule has 1 heterocycles. The number of ketones is 1. The van der Waals surface area contributed by atoms with Crippen LogP contribution in [0.4, 0.5) is 0 Å². The second-order valence-electron chi connectivity index (χ2n) is 3.01. The van der Waals surface area contributed by atoms with Gasteiger partial charge in [0, 0.05) is 12.6 Å². The summed E-state index contributed by atoms with van der Waals surface area (Å²) in [6.45, 7) is 1.07. The van der Waals surface area contributed by atoms with Gasteiger partial charge in [-0.25, -0.2) is 0 Å². The third-order valence-electron chi connectivity index (χ3n) is 2.00. The molecule has 1 aliphatic heterocycles. The van der Waals surface area contributed by atoms with Gasteiger partial charge in [0.25, 0.3) is 0 Å². The Morgan fingerprint density at radius 3 is 3.14 bits per heavy atom. The van der Waals surface area contributed by atoms with Crippen molar-refractivity contribution in [2.45, 2.75) is 0 Å². The van der Waals surface area contributed by atoms with Gasteiger partial charge in [-0.1, -0.05) is 0 Å². The Balaban J connectivity index is 2.19. The number of nitrogens with two attached hydrogens (primary N) is 1. The van der Waals surface area contributed by atoms with E-state index in [1.54, 1.807) is 18.2 Å². The molecule has 0 atom stereocenters. The van der Waals surface area contributed by atoms with Gasteiger partial charge in [0.2, 0.25) is 5.78 Å². The molecular formula is C10H11NO3. The monoisotopic (exact) mass is 193 g/mol. The zero-order valence-corrected chi connectivity index (χ0v) is 7.66. The van der Waals surface area contributed by atoms with E-state index in [1.807, 2.05) is 0 Å². The molecular weight excluding hydrogens is 182 g/mol. The molecule has 0 saturated heterocycles. The van der Waals surface area contributed by atoms with Crippen LogP contribution >= 0.6 is 0 Å². The highest BCUT2D eigenvalue weighted by molar-refractivity contribution is 6.02. The van der Waals surface area contributed by atoms with E-state index in [0.29, 0.717) is 30.2 Å². The van der Waals surface area contributed by atoms with E-state index in [9.17, 15) is 4.79 Å². The van der Waals surface area contributed by atoms with Crippen molar-refractivity contribution in [2.24, 2.45) is 5.73 Å². The summed E-state index contributed by atoms with van der Waals surface area (Å²) < 4.78 is 10.5. The number of fused-ring (bicyclic) bond motifs is 1. The lowest BCUT2D eigenvalue weighted by atomic mass is 10.1. The Morgan fingerprint density at radius 1 is 1.50 bits per heavy atom. The van der Waals surface area contributed by atoms with E-state index in [0.717, 1.165) is 0 Å². The van der Waals surface area contributed by atoms with Crippen molar-refractivity contribution < 1.29 is 14.3 Å². The van der Waals surface area contributed by atoms with Crippen LogP contribution in [0.25, 0.3) is 0 Å². The number of carbonyl (C=O) groups is 1. The molecule has 2 N–H and O–H groups in total. The number of rotatable bonds is 3. The summed E-state index contributed by atoms with van der Waals surface area (Å²) in [7, 11) is 0. The number of hydrogen-bond acceptors (Lipinski definition) is 4. The second kappa shape index (κ2) is 3.67. The van der Waals surface area contributed by atoms with Crippen molar-refractivity contribution >= 4 is 5.78 Å². The Hall–Kier alpha value is -1.55. The molecule has 4 nitrogen and oxygen atoms in total. The molecule has 14 heavy (non-hydrogen) atoms. The standard InChI is InChI=1S/C10H11NO3/c11-3-4-13-7-1-2-8-9(12)6-14-10(8)5-7/h1-2,5H,3-4,6,11H2. The molecule has 2 rings (SSSR count). The molecule has 0 radical (unpaired) electrons. The largest absolute Gasteiger partial charge is 0.492 e. The molecule has 1 aliphatic rings. The highest BCUT2D eigenvalue weighted by Gasteiger charge is 2.21. The molecule has 0 amide bonds. The number of hydrogen-bond donors (Lipinski definition) is 1. The first-order valence-corrected chi connectivity index (χ1v) is 4.44. The van der Waals surface area contributed by atoms with Crippen LogP contribution in [0, 0.1) is 0 Å². The minimum atomic E-state index is 0.0189. The highest BCUT2D eigenvalue weighted by atomic mass is 16.5. The molecule has 0 unspecified atom stereocenters. The van der Waals surface area contributed by atoms with Crippen molar-refractivity contribution in [3.8, 4) is 11.5 Å². The lowest BCUT2D eigenvalue weighted by Gasteiger charge is -2.05. The topological polar surface area (TPSA) is 61.6 Å². The maximum atomic E-state index is 11.2. The average Bonchev–Trinajstić information content (AvgIpc) is 2.57. The van der Waals surface area contributed by atoms with Crippen LogP contribution in [0.1, 0.15) is 10.4 Å². The van der Waals surface area contributed by atoms with Crippen molar-refractivity contribution in [2.75, 3.05) is 19.8 Å². The summed E-state index contributed by atoms with van der Waals surface area (Å²) >= 11 is 0. The fourth-order valence-electron chi connectivity index (χ4n) is 1.34. The maximum absolute atomic E-state index is 11.2. The molecule has 74 valence electrons. The molecule has 1 aromatic carbocycles. The third kappa shape index (κ3) is 1.56. The zero-order chi connectivity index (χ0) is 9.97. The number of carbonyl (C=O) groups excluding carboxylic acids is 1. The van der Waals surface area contributed by atoms with Gasteiger partial charge in [0.05, 0.1) is 5.56 Å². The highest BCUT2D eigenvalue weighted by Crippen LogP contribution is 2.29. The van der Waals surface area contributed by atoms with Gasteiger partial charge in [-0.2, -0.15) is 0 Å². The first-order chi connectivity index (χ1) is 6.81. The Kier molecular flexibility index (Phi) is 2.37. The van der Waals surface area contributed by atoms with Gasteiger partial charge >= 0.3 is 0 Å². The van der Waals surface area contributed by atoms with Gasteiger partial charge in [-0.05, 0) is 12.1 Å². The quantitative estimate of drug-likeness (QED) is 0.763. The van der Waals surface area contributed by atoms with Gasteiger partial charge in [0.1, 0.15) is 18.1 Å². The first kappa shape index (κ1) is 9.02. The van der Waals surface area contributed by atoms with E-state index in [1.165, 1.54) is 0 Å². The van der Waals surface area contributed by atoms with Crippen molar-refractivity contribution in [3.63, 3.8) is 0 Å².